The van der Waals surface area contributed by atoms with E-state index in [2.05, 4.69) is 12.2 Å². The third-order valence-corrected chi connectivity index (χ3v) is 5.30. The van der Waals surface area contributed by atoms with Crippen LogP contribution in [0.25, 0.3) is 0 Å². The Hall–Kier alpha value is -0.850. The normalized spacial score (nSPS) is 11.6. The fraction of sp³-hybridized carbons (Fsp3) is 0.963. The van der Waals surface area contributed by atoms with Gasteiger partial charge in [-0.1, -0.05) is 90.4 Å². The van der Waals surface area contributed by atoms with Crippen LogP contribution < -0.4 is 5.32 Å². The van der Waals surface area contributed by atoms with Crippen LogP contribution in [0.2, 0.25) is 0 Å². The quantitative estimate of drug-likeness (QED) is 0.152. The van der Waals surface area contributed by atoms with Gasteiger partial charge in [-0.05, 0) is 27.2 Å². The summed E-state index contributed by atoms with van der Waals surface area (Å²) in [5.74, 6) is 0. The van der Waals surface area contributed by atoms with E-state index in [0.717, 1.165) is 13.0 Å². The fourth-order valence-corrected chi connectivity index (χ4v) is 3.48. The van der Waals surface area contributed by atoms with Crippen molar-refractivity contribution in [3.05, 3.63) is 0 Å². The van der Waals surface area contributed by atoms with Crippen molar-refractivity contribution in [2.45, 2.75) is 123 Å². The Kier molecular flexibility index (Phi) is 23.7. The van der Waals surface area contributed by atoms with E-state index in [1.807, 2.05) is 20.8 Å². The topological polar surface area (TPSA) is 66.0 Å². The van der Waals surface area contributed by atoms with Gasteiger partial charge in [0.25, 0.3) is 0 Å². The monoisotopic (exact) mass is 473 g/mol. The SMILES string of the molecule is CCCCCCCCCCCCCCCCOCCOCCOCCNC(=O)OC(C)(C)C. The number of alkyl carbamates (subject to hydrolysis) is 1. The number of unbranched alkanes of at least 4 members (excludes halogenated alkanes) is 13. The highest BCUT2D eigenvalue weighted by Crippen LogP contribution is 2.13. The third kappa shape index (κ3) is 29.1. The van der Waals surface area contributed by atoms with Crippen LogP contribution in [0.5, 0.6) is 0 Å². The summed E-state index contributed by atoms with van der Waals surface area (Å²) >= 11 is 0. The maximum absolute atomic E-state index is 11.5. The zero-order valence-corrected chi connectivity index (χ0v) is 22.4. The van der Waals surface area contributed by atoms with Gasteiger partial charge in [0.1, 0.15) is 5.60 Å². The molecule has 33 heavy (non-hydrogen) atoms. The lowest BCUT2D eigenvalue weighted by Crippen LogP contribution is -2.34. The number of amides is 1. The van der Waals surface area contributed by atoms with Gasteiger partial charge in [0, 0.05) is 13.2 Å². The molecular formula is C27H55NO5. The zero-order chi connectivity index (χ0) is 24.5. The molecule has 0 aliphatic heterocycles. The van der Waals surface area contributed by atoms with Crippen molar-refractivity contribution in [3.63, 3.8) is 0 Å². The Bertz CT molecular complexity index is 412. The zero-order valence-electron chi connectivity index (χ0n) is 22.4. The number of hydrogen-bond donors (Lipinski definition) is 1. The van der Waals surface area contributed by atoms with Crippen LogP contribution in [0.1, 0.15) is 118 Å². The Morgan fingerprint density at radius 3 is 1.42 bits per heavy atom. The third-order valence-electron chi connectivity index (χ3n) is 5.30. The summed E-state index contributed by atoms with van der Waals surface area (Å²) < 4.78 is 21.7. The molecule has 6 nitrogen and oxygen atoms in total. The fourth-order valence-electron chi connectivity index (χ4n) is 3.48. The Balaban J connectivity index is 3.10. The highest BCUT2D eigenvalue weighted by atomic mass is 16.6. The predicted molar refractivity (Wildman–Crippen MR) is 137 cm³/mol. The van der Waals surface area contributed by atoms with Gasteiger partial charge in [0.15, 0.2) is 0 Å². The Labute approximate surface area is 204 Å². The molecule has 0 unspecified atom stereocenters. The van der Waals surface area contributed by atoms with Gasteiger partial charge in [0.2, 0.25) is 0 Å². The van der Waals surface area contributed by atoms with Crippen molar-refractivity contribution >= 4 is 6.09 Å². The second-order valence-corrected chi connectivity index (χ2v) is 9.86. The number of nitrogens with one attached hydrogen (secondary N) is 1. The molecule has 0 aromatic carbocycles. The molecule has 6 heteroatoms. The average molecular weight is 474 g/mol. The first-order chi connectivity index (χ1) is 16.0. The number of ether oxygens (including phenoxy) is 4. The van der Waals surface area contributed by atoms with E-state index in [-0.39, 0.29) is 0 Å². The predicted octanol–water partition coefficient (Wildman–Crippen LogP) is 7.04. The van der Waals surface area contributed by atoms with Crippen molar-refractivity contribution < 1.29 is 23.7 Å². The van der Waals surface area contributed by atoms with Crippen LogP contribution in [-0.4, -0.2) is 57.9 Å². The lowest BCUT2D eigenvalue weighted by atomic mass is 10.0. The molecule has 0 fully saturated rings. The maximum atomic E-state index is 11.5. The number of hydrogen-bond acceptors (Lipinski definition) is 5. The van der Waals surface area contributed by atoms with E-state index < -0.39 is 11.7 Å². The Morgan fingerprint density at radius 2 is 0.970 bits per heavy atom. The number of carbonyl (C=O) groups is 1. The van der Waals surface area contributed by atoms with Gasteiger partial charge >= 0.3 is 6.09 Å². The second kappa shape index (κ2) is 24.3. The number of carbonyl (C=O) groups excluding carboxylic acids is 1. The maximum Gasteiger partial charge on any atom is 0.407 e. The summed E-state index contributed by atoms with van der Waals surface area (Å²) in [5.41, 5.74) is -0.479. The Morgan fingerprint density at radius 1 is 0.576 bits per heavy atom. The van der Waals surface area contributed by atoms with Crippen LogP contribution in [-0.2, 0) is 18.9 Å². The van der Waals surface area contributed by atoms with Crippen LogP contribution in [0, 0.1) is 0 Å². The molecular weight excluding hydrogens is 418 g/mol. The molecule has 0 aromatic heterocycles. The van der Waals surface area contributed by atoms with E-state index in [1.165, 1.54) is 83.5 Å². The summed E-state index contributed by atoms with van der Waals surface area (Å²) in [6.07, 6.45) is 18.8. The smallest absolute Gasteiger partial charge is 0.407 e. The van der Waals surface area contributed by atoms with Gasteiger partial charge in [-0.25, -0.2) is 4.79 Å². The highest BCUT2D eigenvalue weighted by Gasteiger charge is 2.15. The van der Waals surface area contributed by atoms with Crippen LogP contribution in [0.15, 0.2) is 0 Å². The van der Waals surface area contributed by atoms with E-state index in [0.29, 0.717) is 39.6 Å². The molecule has 1 N–H and O–H groups in total. The van der Waals surface area contributed by atoms with Crippen molar-refractivity contribution in [3.8, 4) is 0 Å². The summed E-state index contributed by atoms with van der Waals surface area (Å²) in [6, 6.07) is 0. The molecule has 0 bridgehead atoms. The molecule has 1 amide bonds. The van der Waals surface area contributed by atoms with E-state index >= 15 is 0 Å². The van der Waals surface area contributed by atoms with Crippen LogP contribution >= 0.6 is 0 Å². The van der Waals surface area contributed by atoms with Crippen LogP contribution in [0.4, 0.5) is 4.79 Å². The molecule has 0 aliphatic carbocycles. The van der Waals surface area contributed by atoms with Crippen molar-refractivity contribution in [1.82, 2.24) is 5.32 Å². The minimum absolute atomic E-state index is 0.418. The molecule has 0 atom stereocenters. The standard InChI is InChI=1S/C27H55NO5/c1-5-6-7-8-9-10-11-12-13-14-15-16-17-18-20-30-22-24-32-25-23-31-21-19-28-26(29)33-27(2,3)4/h5-25H2,1-4H3,(H,28,29). The first kappa shape index (κ1) is 32.1. The van der Waals surface area contributed by atoms with E-state index in [9.17, 15) is 4.79 Å². The van der Waals surface area contributed by atoms with E-state index in [1.54, 1.807) is 0 Å². The molecule has 0 aliphatic rings. The van der Waals surface area contributed by atoms with Crippen molar-refractivity contribution in [1.29, 1.82) is 0 Å². The molecule has 0 aromatic rings. The molecule has 0 heterocycles. The van der Waals surface area contributed by atoms with Crippen molar-refractivity contribution in [2.75, 3.05) is 46.2 Å². The van der Waals surface area contributed by atoms with Crippen molar-refractivity contribution in [2.24, 2.45) is 0 Å². The van der Waals surface area contributed by atoms with Gasteiger partial charge in [-0.15, -0.1) is 0 Å². The van der Waals surface area contributed by atoms with Gasteiger partial charge < -0.3 is 24.3 Å². The first-order valence-corrected chi connectivity index (χ1v) is 13.7. The number of rotatable bonds is 24. The minimum Gasteiger partial charge on any atom is -0.444 e. The highest BCUT2D eigenvalue weighted by molar-refractivity contribution is 5.67. The molecule has 0 spiro atoms. The van der Waals surface area contributed by atoms with Gasteiger partial charge in [0.05, 0.1) is 33.0 Å². The lowest BCUT2D eigenvalue weighted by molar-refractivity contribution is 0.0133. The minimum atomic E-state index is -0.479. The van der Waals surface area contributed by atoms with Gasteiger partial charge in [-0.3, -0.25) is 0 Å². The second-order valence-electron chi connectivity index (χ2n) is 9.86. The molecule has 0 rings (SSSR count). The molecule has 198 valence electrons. The van der Waals surface area contributed by atoms with Crippen LogP contribution in [0.3, 0.4) is 0 Å². The lowest BCUT2D eigenvalue weighted by Gasteiger charge is -2.19. The summed E-state index contributed by atoms with van der Waals surface area (Å²) in [6.45, 7) is 11.8. The molecule has 0 saturated heterocycles. The molecule has 0 saturated carbocycles. The first-order valence-electron chi connectivity index (χ1n) is 13.7. The summed E-state index contributed by atoms with van der Waals surface area (Å²) in [7, 11) is 0. The average Bonchev–Trinajstić information content (AvgIpc) is 2.75. The van der Waals surface area contributed by atoms with E-state index in [4.69, 9.17) is 18.9 Å². The molecule has 0 radical (unpaired) electrons. The van der Waals surface area contributed by atoms with Gasteiger partial charge in [-0.2, -0.15) is 0 Å². The summed E-state index contributed by atoms with van der Waals surface area (Å²) in [4.78, 5) is 11.5. The summed E-state index contributed by atoms with van der Waals surface area (Å²) in [5, 5.41) is 2.66. The largest absolute Gasteiger partial charge is 0.444 e.